The van der Waals surface area contributed by atoms with E-state index in [2.05, 4.69) is 174 Å². The van der Waals surface area contributed by atoms with Crippen LogP contribution in [0.5, 0.6) is 17.2 Å². The molecule has 4 nitrogen and oxygen atoms in total. The summed E-state index contributed by atoms with van der Waals surface area (Å²) in [7, 11) is 0. The lowest BCUT2D eigenvalue weighted by atomic mass is 9.50. The number of hydrogen-bond donors (Lipinski definition) is 0. The number of benzene rings is 9. The molecule has 0 atom stereocenters. The van der Waals surface area contributed by atoms with E-state index >= 15 is 0 Å². The maximum Gasteiger partial charge on any atom is 0.434 e. The van der Waals surface area contributed by atoms with Gasteiger partial charge in [0.25, 0.3) is 0 Å². The quantitative estimate of drug-likeness (QED) is 0.168. The highest BCUT2D eigenvalue weighted by atomic mass is 16.5. The maximum atomic E-state index is 7.06. The van der Waals surface area contributed by atoms with Crippen molar-refractivity contribution in [3.63, 3.8) is 0 Å². The van der Waals surface area contributed by atoms with Gasteiger partial charge >= 0.3 is 6.92 Å². The summed E-state index contributed by atoms with van der Waals surface area (Å²) in [4.78, 5) is 0. The van der Waals surface area contributed by atoms with Crippen molar-refractivity contribution < 1.29 is 13.8 Å². The van der Waals surface area contributed by atoms with E-state index in [0.29, 0.717) is 0 Å². The average Bonchev–Trinajstić information content (AvgIpc) is 3.85. The molecule has 59 heavy (non-hydrogen) atoms. The fraction of sp³-hybridized carbons (Fsp3) is 0. The predicted molar refractivity (Wildman–Crippen MR) is 242 cm³/mol. The van der Waals surface area contributed by atoms with E-state index in [4.69, 9.17) is 13.8 Å². The van der Waals surface area contributed by atoms with Gasteiger partial charge in [0, 0.05) is 49.2 Å². The minimum absolute atomic E-state index is 0.314. The van der Waals surface area contributed by atoms with E-state index < -0.39 is 0 Å². The molecule has 0 saturated heterocycles. The van der Waals surface area contributed by atoms with Crippen molar-refractivity contribution >= 4 is 61.6 Å². The summed E-state index contributed by atoms with van der Waals surface area (Å²) in [6, 6.07) is 68.9. The Kier molecular flexibility index (Phi) is 6.78. The van der Waals surface area contributed by atoms with Crippen molar-refractivity contribution in [1.29, 1.82) is 0 Å². The van der Waals surface area contributed by atoms with Crippen molar-refractivity contribution in [2.45, 2.75) is 0 Å². The van der Waals surface area contributed by atoms with Crippen LogP contribution in [0.15, 0.2) is 199 Å². The topological polar surface area (TPSA) is 36.5 Å². The summed E-state index contributed by atoms with van der Waals surface area (Å²) in [6.07, 6.45) is 0. The summed E-state index contributed by atoms with van der Waals surface area (Å²) in [5, 5.41) is 4.72. The van der Waals surface area contributed by atoms with Gasteiger partial charge in [-0.3, -0.25) is 0 Å². The SMILES string of the molecule is c1cc(-c2ccc3c(c2)OB2c4ccccc4Oc4cc(-c5ccccc5-n5c6ccccc6c6ccccc65)cc-3c42)cc(-c2cccc3c2oc2ccccc23)c1. The molecule has 0 fully saturated rings. The zero-order valence-corrected chi connectivity index (χ0v) is 31.7. The van der Waals surface area contributed by atoms with Crippen LogP contribution in [0.3, 0.4) is 0 Å². The minimum atomic E-state index is -0.314. The number of furan rings is 1. The molecule has 4 heterocycles. The smallest absolute Gasteiger partial charge is 0.434 e. The number of fused-ring (bicyclic) bond motifs is 10. The molecule has 0 saturated carbocycles. The third-order valence-electron chi connectivity index (χ3n) is 12.3. The second kappa shape index (κ2) is 12.4. The van der Waals surface area contributed by atoms with Gasteiger partial charge in [0.1, 0.15) is 28.4 Å². The van der Waals surface area contributed by atoms with Gasteiger partial charge in [-0.15, -0.1) is 0 Å². The molecule has 9 aromatic carbocycles. The molecule has 0 unspecified atom stereocenters. The fourth-order valence-corrected chi connectivity index (χ4v) is 9.63. The molecule has 5 heteroatoms. The molecule has 274 valence electrons. The van der Waals surface area contributed by atoms with Gasteiger partial charge in [0.15, 0.2) is 0 Å². The third-order valence-corrected chi connectivity index (χ3v) is 12.3. The van der Waals surface area contributed by atoms with Crippen LogP contribution in [0.2, 0.25) is 0 Å². The molecule has 2 aromatic heterocycles. The van der Waals surface area contributed by atoms with E-state index in [0.717, 1.165) is 100 Å². The molecule has 11 aromatic rings. The molecule has 13 rings (SSSR count). The number of hydrogen-bond acceptors (Lipinski definition) is 3. The summed E-state index contributed by atoms with van der Waals surface area (Å²) in [5.74, 6) is 2.48. The van der Waals surface area contributed by atoms with Crippen LogP contribution in [0.4, 0.5) is 0 Å². The van der Waals surface area contributed by atoms with E-state index in [1.54, 1.807) is 0 Å². The summed E-state index contributed by atoms with van der Waals surface area (Å²) in [6.45, 7) is -0.314. The average molecular weight is 754 g/mol. The van der Waals surface area contributed by atoms with Crippen molar-refractivity contribution in [3.05, 3.63) is 194 Å². The van der Waals surface area contributed by atoms with Gasteiger partial charge in [-0.2, -0.15) is 0 Å². The van der Waals surface area contributed by atoms with E-state index in [1.807, 2.05) is 24.3 Å². The highest BCUT2D eigenvalue weighted by Gasteiger charge is 2.41. The van der Waals surface area contributed by atoms with Crippen LogP contribution in [-0.2, 0) is 0 Å². The van der Waals surface area contributed by atoms with Gasteiger partial charge in [0.05, 0.1) is 16.7 Å². The molecular formula is C54H32BNO3. The van der Waals surface area contributed by atoms with Crippen molar-refractivity contribution in [3.8, 4) is 67.4 Å². The lowest BCUT2D eigenvalue weighted by Crippen LogP contribution is -2.53. The number of rotatable bonds is 4. The second-order valence-electron chi connectivity index (χ2n) is 15.5. The maximum absolute atomic E-state index is 7.06. The number of ether oxygens (including phenoxy) is 1. The Labute approximate surface area is 340 Å². The summed E-state index contributed by atoms with van der Waals surface area (Å²) in [5.41, 5.74) is 16.1. The second-order valence-corrected chi connectivity index (χ2v) is 15.5. The highest BCUT2D eigenvalue weighted by Crippen LogP contribution is 2.45. The molecule has 0 bridgehead atoms. The lowest BCUT2D eigenvalue weighted by Gasteiger charge is -2.33. The Morgan fingerprint density at radius 3 is 1.93 bits per heavy atom. The van der Waals surface area contributed by atoms with Crippen LogP contribution in [0.1, 0.15) is 0 Å². The molecule has 0 amide bonds. The van der Waals surface area contributed by atoms with Crippen LogP contribution < -0.4 is 20.3 Å². The molecule has 0 spiro atoms. The van der Waals surface area contributed by atoms with Crippen LogP contribution in [0, 0.1) is 0 Å². The monoisotopic (exact) mass is 753 g/mol. The molecule has 2 aliphatic heterocycles. The normalized spacial score (nSPS) is 12.6. The zero-order valence-electron chi connectivity index (χ0n) is 31.7. The third kappa shape index (κ3) is 4.79. The van der Waals surface area contributed by atoms with E-state index in [-0.39, 0.29) is 6.92 Å². The highest BCUT2D eigenvalue weighted by molar-refractivity contribution is 6.84. The van der Waals surface area contributed by atoms with Crippen LogP contribution >= 0.6 is 0 Å². The van der Waals surface area contributed by atoms with Gasteiger partial charge in [-0.1, -0.05) is 140 Å². The molecule has 2 aliphatic rings. The zero-order chi connectivity index (χ0) is 38.6. The summed E-state index contributed by atoms with van der Waals surface area (Å²) < 4.78 is 22.7. The predicted octanol–water partition coefficient (Wildman–Crippen LogP) is 13.0. The largest absolute Gasteiger partial charge is 0.551 e. The fourth-order valence-electron chi connectivity index (χ4n) is 9.63. The number of para-hydroxylation sites is 6. The lowest BCUT2D eigenvalue weighted by molar-refractivity contribution is 0.479. The first-order valence-corrected chi connectivity index (χ1v) is 20.1. The molecular weight excluding hydrogens is 721 g/mol. The Morgan fingerprint density at radius 1 is 0.390 bits per heavy atom. The molecule has 0 radical (unpaired) electrons. The van der Waals surface area contributed by atoms with Gasteiger partial charge < -0.3 is 18.4 Å². The Hall–Kier alpha value is -7.76. The number of aromatic nitrogens is 1. The first-order chi connectivity index (χ1) is 29.2. The van der Waals surface area contributed by atoms with Crippen molar-refractivity contribution in [2.75, 3.05) is 0 Å². The Morgan fingerprint density at radius 2 is 1.05 bits per heavy atom. The van der Waals surface area contributed by atoms with Crippen molar-refractivity contribution in [2.24, 2.45) is 0 Å². The van der Waals surface area contributed by atoms with E-state index in [9.17, 15) is 0 Å². The minimum Gasteiger partial charge on any atom is -0.551 e. The molecule has 0 N–H and O–H groups in total. The standard InChI is InChI=1S/C54H32BNO3/c1-6-22-46(56-47-23-7-2-16-39(47)40-17-3-8-24-48(40)56)37(15-1)36-30-44-42-28-27-34(31-51(42)59-55-45-21-5-10-26-50(45)57-52(32-36)53(44)55)33-13-11-14-35(29-33)38-19-12-20-43-41-18-4-9-25-49(41)58-54(38)43/h1-32H. The van der Waals surface area contributed by atoms with Crippen LogP contribution in [0.25, 0.3) is 93.9 Å². The van der Waals surface area contributed by atoms with Gasteiger partial charge in [-0.05, 0) is 82.4 Å². The molecule has 0 aliphatic carbocycles. The Balaban J connectivity index is 0.974. The Bertz CT molecular complexity index is 3490. The number of nitrogens with zero attached hydrogens (tertiary/aromatic N) is 1. The first-order valence-electron chi connectivity index (χ1n) is 20.1. The van der Waals surface area contributed by atoms with Crippen LogP contribution in [-0.4, -0.2) is 11.5 Å². The van der Waals surface area contributed by atoms with Gasteiger partial charge in [-0.25, -0.2) is 0 Å². The van der Waals surface area contributed by atoms with Gasteiger partial charge in [0.2, 0.25) is 0 Å². The van der Waals surface area contributed by atoms with Crippen molar-refractivity contribution in [1.82, 2.24) is 4.57 Å². The summed E-state index contributed by atoms with van der Waals surface area (Å²) >= 11 is 0. The first kappa shape index (κ1) is 32.3. The van der Waals surface area contributed by atoms with E-state index in [1.165, 1.54) is 21.8 Å².